The van der Waals surface area contributed by atoms with Crippen molar-refractivity contribution < 1.29 is 9.53 Å². The van der Waals surface area contributed by atoms with Crippen molar-refractivity contribution in [2.45, 2.75) is 13.0 Å². The second-order valence-corrected chi connectivity index (χ2v) is 6.99. The van der Waals surface area contributed by atoms with E-state index in [0.29, 0.717) is 13.1 Å². The highest BCUT2D eigenvalue weighted by atomic mass is 16.5. The molecule has 2 aromatic carbocycles. The lowest BCUT2D eigenvalue weighted by molar-refractivity contribution is -0.122. The minimum absolute atomic E-state index is 0.120. The molecule has 5 nitrogen and oxygen atoms in total. The zero-order valence-corrected chi connectivity index (χ0v) is 16.1. The Labute approximate surface area is 161 Å². The number of nitrogens with one attached hydrogen (secondary N) is 1. The number of amides is 1. The number of ether oxygens (including phenoxy) is 1. The molecule has 0 spiro atoms. The summed E-state index contributed by atoms with van der Waals surface area (Å²) in [7, 11) is 1.69. The normalized spacial score (nSPS) is 15.4. The Kier molecular flexibility index (Phi) is 7.25. The Morgan fingerprint density at radius 3 is 2.26 bits per heavy atom. The maximum absolute atomic E-state index is 12.2. The van der Waals surface area contributed by atoms with E-state index < -0.39 is 0 Å². The molecule has 5 heteroatoms. The van der Waals surface area contributed by atoms with Gasteiger partial charge in [-0.25, -0.2) is 0 Å². The van der Waals surface area contributed by atoms with Gasteiger partial charge in [-0.15, -0.1) is 0 Å². The van der Waals surface area contributed by atoms with Crippen molar-refractivity contribution >= 4 is 5.91 Å². The molecule has 0 saturated carbocycles. The first-order valence-corrected chi connectivity index (χ1v) is 9.61. The molecule has 27 heavy (non-hydrogen) atoms. The van der Waals surface area contributed by atoms with Crippen LogP contribution in [0.2, 0.25) is 0 Å². The van der Waals surface area contributed by atoms with E-state index in [1.165, 1.54) is 11.1 Å². The molecule has 0 aromatic heterocycles. The van der Waals surface area contributed by atoms with Gasteiger partial charge in [0.15, 0.2) is 0 Å². The highest BCUT2D eigenvalue weighted by molar-refractivity contribution is 5.78. The summed E-state index contributed by atoms with van der Waals surface area (Å²) in [4.78, 5) is 16.8. The molecule has 0 atom stereocenters. The van der Waals surface area contributed by atoms with Crippen LogP contribution in [0.25, 0.3) is 0 Å². The standard InChI is InChI=1S/C22H29N3O2/c1-27-21-9-7-20(8-10-21)17-24-13-15-25(16-14-24)18-22(26)23-12-11-19-5-3-2-4-6-19/h2-10H,11-18H2,1H3,(H,23,26). The number of hydrogen-bond donors (Lipinski definition) is 1. The van der Waals surface area contributed by atoms with Crippen LogP contribution in [0.4, 0.5) is 0 Å². The Bertz CT molecular complexity index is 695. The Balaban J connectivity index is 1.33. The van der Waals surface area contributed by atoms with Crippen LogP contribution in [-0.2, 0) is 17.8 Å². The van der Waals surface area contributed by atoms with Crippen LogP contribution in [0.15, 0.2) is 54.6 Å². The van der Waals surface area contributed by atoms with Gasteiger partial charge in [0, 0.05) is 39.3 Å². The number of nitrogens with zero attached hydrogens (tertiary/aromatic N) is 2. The quantitative estimate of drug-likeness (QED) is 0.777. The predicted molar refractivity (Wildman–Crippen MR) is 108 cm³/mol. The summed E-state index contributed by atoms with van der Waals surface area (Å²) in [6, 6.07) is 18.5. The summed E-state index contributed by atoms with van der Waals surface area (Å²) in [6.45, 7) is 5.98. The number of methoxy groups -OCH3 is 1. The van der Waals surface area contributed by atoms with Crippen molar-refractivity contribution in [1.82, 2.24) is 15.1 Å². The molecule has 1 heterocycles. The molecule has 1 amide bonds. The fraction of sp³-hybridized carbons (Fsp3) is 0.409. The van der Waals surface area contributed by atoms with Crippen molar-refractivity contribution in [3.05, 3.63) is 65.7 Å². The first kappa shape index (κ1) is 19.4. The van der Waals surface area contributed by atoms with Crippen molar-refractivity contribution in [1.29, 1.82) is 0 Å². The van der Waals surface area contributed by atoms with Crippen molar-refractivity contribution in [2.24, 2.45) is 0 Å². The third-order valence-corrected chi connectivity index (χ3v) is 4.98. The van der Waals surface area contributed by atoms with Gasteiger partial charge in [0.25, 0.3) is 0 Å². The topological polar surface area (TPSA) is 44.8 Å². The van der Waals surface area contributed by atoms with Gasteiger partial charge in [0.05, 0.1) is 13.7 Å². The van der Waals surface area contributed by atoms with Crippen molar-refractivity contribution in [3.8, 4) is 5.75 Å². The van der Waals surface area contributed by atoms with E-state index in [9.17, 15) is 4.79 Å². The zero-order valence-electron chi connectivity index (χ0n) is 16.1. The minimum Gasteiger partial charge on any atom is -0.497 e. The van der Waals surface area contributed by atoms with Crippen LogP contribution in [-0.4, -0.2) is 62.1 Å². The Hall–Kier alpha value is -2.37. The van der Waals surface area contributed by atoms with Gasteiger partial charge in [-0.2, -0.15) is 0 Å². The zero-order chi connectivity index (χ0) is 18.9. The monoisotopic (exact) mass is 367 g/mol. The van der Waals surface area contributed by atoms with E-state index in [2.05, 4.69) is 39.4 Å². The second-order valence-electron chi connectivity index (χ2n) is 6.99. The molecule has 144 valence electrons. The molecule has 0 unspecified atom stereocenters. The van der Waals surface area contributed by atoms with Gasteiger partial charge in [-0.05, 0) is 29.7 Å². The molecule has 0 aliphatic carbocycles. The number of carbonyl (C=O) groups excluding carboxylic acids is 1. The van der Waals surface area contributed by atoms with E-state index >= 15 is 0 Å². The molecule has 0 bridgehead atoms. The Morgan fingerprint density at radius 2 is 1.59 bits per heavy atom. The molecule has 1 aliphatic rings. The van der Waals surface area contributed by atoms with Crippen LogP contribution in [0.5, 0.6) is 5.75 Å². The molecule has 1 aliphatic heterocycles. The van der Waals surface area contributed by atoms with Gasteiger partial charge in [-0.3, -0.25) is 14.6 Å². The fourth-order valence-electron chi connectivity index (χ4n) is 3.34. The smallest absolute Gasteiger partial charge is 0.234 e. The van der Waals surface area contributed by atoms with Crippen molar-refractivity contribution in [2.75, 3.05) is 46.4 Å². The van der Waals surface area contributed by atoms with Crippen LogP contribution in [0, 0.1) is 0 Å². The average Bonchev–Trinajstić information content (AvgIpc) is 2.71. The third-order valence-electron chi connectivity index (χ3n) is 4.98. The molecular weight excluding hydrogens is 338 g/mol. The maximum Gasteiger partial charge on any atom is 0.234 e. The summed E-state index contributed by atoms with van der Waals surface area (Å²) < 4.78 is 5.21. The maximum atomic E-state index is 12.2. The van der Waals surface area contributed by atoms with Gasteiger partial charge >= 0.3 is 0 Å². The minimum atomic E-state index is 0.120. The molecule has 1 N–H and O–H groups in total. The molecule has 2 aromatic rings. The lowest BCUT2D eigenvalue weighted by Crippen LogP contribution is -2.49. The van der Waals surface area contributed by atoms with E-state index in [-0.39, 0.29) is 5.91 Å². The summed E-state index contributed by atoms with van der Waals surface area (Å²) in [5, 5.41) is 3.03. The molecule has 3 rings (SSSR count). The first-order chi connectivity index (χ1) is 13.2. The van der Waals surface area contributed by atoms with E-state index in [0.717, 1.165) is 44.9 Å². The fourth-order valence-corrected chi connectivity index (χ4v) is 3.34. The highest BCUT2D eigenvalue weighted by Crippen LogP contribution is 2.14. The van der Waals surface area contributed by atoms with Gasteiger partial charge in [-0.1, -0.05) is 42.5 Å². The van der Waals surface area contributed by atoms with Crippen LogP contribution >= 0.6 is 0 Å². The summed E-state index contributed by atoms with van der Waals surface area (Å²) in [5.41, 5.74) is 2.55. The number of benzene rings is 2. The van der Waals surface area contributed by atoms with Crippen LogP contribution in [0.1, 0.15) is 11.1 Å². The van der Waals surface area contributed by atoms with Crippen LogP contribution in [0.3, 0.4) is 0 Å². The number of hydrogen-bond acceptors (Lipinski definition) is 4. The van der Waals surface area contributed by atoms with E-state index in [4.69, 9.17) is 4.74 Å². The predicted octanol–water partition coefficient (Wildman–Crippen LogP) is 2.17. The lowest BCUT2D eigenvalue weighted by Gasteiger charge is -2.34. The Morgan fingerprint density at radius 1 is 0.926 bits per heavy atom. The third kappa shape index (κ3) is 6.38. The summed E-state index contributed by atoms with van der Waals surface area (Å²) >= 11 is 0. The number of rotatable bonds is 8. The summed E-state index contributed by atoms with van der Waals surface area (Å²) in [6.07, 6.45) is 0.877. The number of carbonyl (C=O) groups is 1. The van der Waals surface area contributed by atoms with Gasteiger partial charge < -0.3 is 10.1 Å². The second kappa shape index (κ2) is 10.1. The first-order valence-electron chi connectivity index (χ1n) is 9.61. The van der Waals surface area contributed by atoms with Gasteiger partial charge in [0.1, 0.15) is 5.75 Å². The van der Waals surface area contributed by atoms with E-state index in [1.54, 1.807) is 7.11 Å². The van der Waals surface area contributed by atoms with Crippen LogP contribution < -0.4 is 10.1 Å². The SMILES string of the molecule is COc1ccc(CN2CCN(CC(=O)NCCc3ccccc3)CC2)cc1. The average molecular weight is 367 g/mol. The molecular formula is C22H29N3O2. The lowest BCUT2D eigenvalue weighted by atomic mass is 10.1. The largest absolute Gasteiger partial charge is 0.497 e. The molecule has 1 fully saturated rings. The van der Waals surface area contributed by atoms with Gasteiger partial charge in [0.2, 0.25) is 5.91 Å². The number of piperazine rings is 1. The summed E-state index contributed by atoms with van der Waals surface area (Å²) in [5.74, 6) is 1.01. The van der Waals surface area contributed by atoms with Crippen molar-refractivity contribution in [3.63, 3.8) is 0 Å². The molecule has 1 saturated heterocycles. The van der Waals surface area contributed by atoms with E-state index in [1.807, 2.05) is 30.3 Å². The highest BCUT2D eigenvalue weighted by Gasteiger charge is 2.18. The molecule has 0 radical (unpaired) electrons.